The molecule has 1 aliphatic rings. The van der Waals surface area contributed by atoms with Gasteiger partial charge in [0.25, 0.3) is 0 Å². The average Bonchev–Trinajstić information content (AvgIpc) is 2.55. The number of pyridine rings is 1. The molecule has 0 unspecified atom stereocenters. The first-order valence-electron chi connectivity index (χ1n) is 8.32. The Morgan fingerprint density at radius 1 is 1.46 bits per heavy atom. The molecule has 6 heteroatoms. The lowest BCUT2D eigenvalue weighted by molar-refractivity contribution is -0.138. The van der Waals surface area contributed by atoms with Crippen LogP contribution >= 0.6 is 0 Å². The first-order valence-corrected chi connectivity index (χ1v) is 8.32. The van der Waals surface area contributed by atoms with Crippen molar-refractivity contribution in [3.63, 3.8) is 0 Å². The van der Waals surface area contributed by atoms with Crippen LogP contribution in [0.1, 0.15) is 32.8 Å². The van der Waals surface area contributed by atoms with Crippen LogP contribution in [-0.4, -0.2) is 42.4 Å². The molecule has 2 N–H and O–H groups in total. The minimum absolute atomic E-state index is 0.146. The largest absolute Gasteiger partial charge is 0.461 e. The predicted molar refractivity (Wildman–Crippen MR) is 96.2 cm³/mol. The van der Waals surface area contributed by atoms with Crippen molar-refractivity contribution in [2.75, 3.05) is 24.6 Å². The van der Waals surface area contributed by atoms with Crippen LogP contribution < -0.4 is 10.6 Å². The second-order valence-corrected chi connectivity index (χ2v) is 6.15. The topological polar surface area (TPSA) is 80.8 Å². The minimum Gasteiger partial charge on any atom is -0.461 e. The van der Waals surface area contributed by atoms with E-state index in [-0.39, 0.29) is 11.7 Å². The molecule has 0 amide bonds. The zero-order valence-corrected chi connectivity index (χ0v) is 14.9. The van der Waals surface area contributed by atoms with E-state index in [2.05, 4.69) is 14.9 Å². The third-order valence-electron chi connectivity index (χ3n) is 3.77. The van der Waals surface area contributed by atoms with Crippen LogP contribution in [0.25, 0.3) is 0 Å². The number of carbonyl (C=O) groups is 1. The summed E-state index contributed by atoms with van der Waals surface area (Å²) in [6.45, 7) is 9.39. The van der Waals surface area contributed by atoms with Crippen molar-refractivity contribution in [2.24, 2.45) is 10.7 Å². The van der Waals surface area contributed by atoms with E-state index in [1.54, 1.807) is 6.92 Å². The highest BCUT2D eigenvalue weighted by Crippen LogP contribution is 2.22. The van der Waals surface area contributed by atoms with Gasteiger partial charge in [-0.05, 0) is 39.3 Å². The summed E-state index contributed by atoms with van der Waals surface area (Å²) in [6.07, 6.45) is 2.56. The van der Waals surface area contributed by atoms with E-state index in [0.717, 1.165) is 35.6 Å². The second kappa shape index (κ2) is 7.95. The van der Waals surface area contributed by atoms with Gasteiger partial charge in [0.15, 0.2) is 0 Å². The van der Waals surface area contributed by atoms with E-state index in [1.165, 1.54) is 0 Å². The van der Waals surface area contributed by atoms with Crippen molar-refractivity contribution in [3.05, 3.63) is 35.2 Å². The molecule has 1 aromatic heterocycles. The molecule has 2 rings (SSSR count). The Morgan fingerprint density at radius 3 is 2.79 bits per heavy atom. The van der Waals surface area contributed by atoms with Gasteiger partial charge in [0, 0.05) is 43.0 Å². The number of rotatable bonds is 4. The van der Waals surface area contributed by atoms with Gasteiger partial charge >= 0.3 is 5.97 Å². The van der Waals surface area contributed by atoms with E-state index in [1.807, 2.05) is 39.1 Å². The second-order valence-electron chi connectivity index (χ2n) is 6.15. The number of hydrogen-bond acceptors (Lipinski definition) is 6. The third kappa shape index (κ3) is 4.34. The van der Waals surface area contributed by atoms with Crippen molar-refractivity contribution in [1.29, 1.82) is 0 Å². The molecule has 2 heterocycles. The van der Waals surface area contributed by atoms with Gasteiger partial charge in [-0.3, -0.25) is 4.99 Å². The molecule has 0 aliphatic carbocycles. The summed E-state index contributed by atoms with van der Waals surface area (Å²) in [5.41, 5.74) is 8.98. The Hall–Kier alpha value is -2.37. The first kappa shape index (κ1) is 18.0. The van der Waals surface area contributed by atoms with E-state index >= 15 is 0 Å². The number of aliphatic imine (C=N–C) groups is 1. The lowest BCUT2D eigenvalue weighted by Crippen LogP contribution is -2.39. The summed E-state index contributed by atoms with van der Waals surface area (Å²) in [4.78, 5) is 23.3. The Bertz CT molecular complexity index is 647. The van der Waals surface area contributed by atoms with Gasteiger partial charge in [-0.25, -0.2) is 9.78 Å². The molecule has 1 aliphatic heterocycles. The summed E-state index contributed by atoms with van der Waals surface area (Å²) in [6, 6.07) is 4.16. The standard InChI is InChI=1S/C18H26N4O2/c1-5-24-18(23)17(19)14-11-22(9-8-15(14)21-12(2)3)16-7-6-13(4)10-20-16/h6-7,10,12H,5,8-9,11,19H2,1-4H3/b17-14-,21-15?. The fourth-order valence-electron chi connectivity index (χ4n) is 2.62. The Balaban J connectivity index is 2.34. The predicted octanol–water partition coefficient (Wildman–Crippen LogP) is 2.23. The zero-order chi connectivity index (χ0) is 17.7. The van der Waals surface area contributed by atoms with Crippen LogP contribution in [0.15, 0.2) is 34.6 Å². The maximum atomic E-state index is 12.1. The normalized spacial score (nSPS) is 18.9. The van der Waals surface area contributed by atoms with Crippen LogP contribution in [0, 0.1) is 6.92 Å². The summed E-state index contributed by atoms with van der Waals surface area (Å²) >= 11 is 0. The van der Waals surface area contributed by atoms with E-state index in [4.69, 9.17) is 10.5 Å². The number of ether oxygens (including phenoxy) is 1. The maximum absolute atomic E-state index is 12.1. The number of nitrogens with two attached hydrogens (primary N) is 1. The van der Waals surface area contributed by atoms with Crippen LogP contribution in [0.3, 0.4) is 0 Å². The molecular formula is C18H26N4O2. The molecular weight excluding hydrogens is 304 g/mol. The summed E-state index contributed by atoms with van der Waals surface area (Å²) in [5.74, 6) is 0.390. The molecule has 1 saturated heterocycles. The van der Waals surface area contributed by atoms with Gasteiger partial charge < -0.3 is 15.4 Å². The van der Waals surface area contributed by atoms with Gasteiger partial charge in [0.2, 0.25) is 0 Å². The third-order valence-corrected chi connectivity index (χ3v) is 3.77. The van der Waals surface area contributed by atoms with Crippen LogP contribution in [0.5, 0.6) is 0 Å². The van der Waals surface area contributed by atoms with E-state index < -0.39 is 5.97 Å². The quantitative estimate of drug-likeness (QED) is 0.676. The Kier molecular flexibility index (Phi) is 5.95. The van der Waals surface area contributed by atoms with Crippen molar-refractivity contribution in [1.82, 2.24) is 4.98 Å². The molecule has 130 valence electrons. The lowest BCUT2D eigenvalue weighted by Gasteiger charge is -2.31. The number of piperidine rings is 1. The molecule has 1 fully saturated rings. The molecule has 0 saturated carbocycles. The Labute approximate surface area is 143 Å². The van der Waals surface area contributed by atoms with Gasteiger partial charge in [0.05, 0.1) is 6.61 Å². The maximum Gasteiger partial charge on any atom is 0.354 e. The fourth-order valence-corrected chi connectivity index (χ4v) is 2.62. The SMILES string of the molecule is CCOC(=O)/C(N)=C1\CN(c2ccc(C)cn2)CCC1=NC(C)C. The molecule has 24 heavy (non-hydrogen) atoms. The van der Waals surface area contributed by atoms with Crippen molar-refractivity contribution >= 4 is 17.5 Å². The zero-order valence-electron chi connectivity index (χ0n) is 14.9. The van der Waals surface area contributed by atoms with Crippen LogP contribution in [-0.2, 0) is 9.53 Å². The number of hydrogen-bond donors (Lipinski definition) is 1. The number of nitrogens with zero attached hydrogens (tertiary/aromatic N) is 3. The summed E-state index contributed by atoms with van der Waals surface area (Å²) in [5, 5.41) is 0. The molecule has 0 radical (unpaired) electrons. The van der Waals surface area contributed by atoms with Crippen molar-refractivity contribution in [2.45, 2.75) is 40.2 Å². The lowest BCUT2D eigenvalue weighted by atomic mass is 9.99. The van der Waals surface area contributed by atoms with Crippen molar-refractivity contribution < 1.29 is 9.53 Å². The van der Waals surface area contributed by atoms with Gasteiger partial charge in [0.1, 0.15) is 11.5 Å². The number of anilines is 1. The van der Waals surface area contributed by atoms with Gasteiger partial charge in [-0.15, -0.1) is 0 Å². The van der Waals surface area contributed by atoms with E-state index in [0.29, 0.717) is 13.2 Å². The molecule has 0 atom stereocenters. The molecule has 6 nitrogen and oxygen atoms in total. The number of aromatic nitrogens is 1. The first-order chi connectivity index (χ1) is 11.4. The molecule has 0 bridgehead atoms. The van der Waals surface area contributed by atoms with E-state index in [9.17, 15) is 4.79 Å². The summed E-state index contributed by atoms with van der Waals surface area (Å²) in [7, 11) is 0. The smallest absolute Gasteiger partial charge is 0.354 e. The minimum atomic E-state index is -0.484. The molecule has 1 aromatic rings. The van der Waals surface area contributed by atoms with Crippen molar-refractivity contribution in [3.8, 4) is 0 Å². The summed E-state index contributed by atoms with van der Waals surface area (Å²) < 4.78 is 5.06. The van der Waals surface area contributed by atoms with Gasteiger partial charge in [-0.1, -0.05) is 6.07 Å². The monoisotopic (exact) mass is 330 g/mol. The highest BCUT2D eigenvalue weighted by molar-refractivity contribution is 6.08. The fraction of sp³-hybridized carbons (Fsp3) is 0.500. The number of carbonyl (C=O) groups excluding carboxylic acids is 1. The van der Waals surface area contributed by atoms with Crippen LogP contribution in [0.4, 0.5) is 5.82 Å². The highest BCUT2D eigenvalue weighted by Gasteiger charge is 2.26. The van der Waals surface area contributed by atoms with Gasteiger partial charge in [-0.2, -0.15) is 0 Å². The number of esters is 1. The molecule has 0 aromatic carbocycles. The average molecular weight is 330 g/mol. The molecule has 0 spiro atoms. The van der Waals surface area contributed by atoms with Crippen LogP contribution in [0.2, 0.25) is 0 Å². The number of aryl methyl sites for hydroxylation is 1. The highest BCUT2D eigenvalue weighted by atomic mass is 16.5. The Morgan fingerprint density at radius 2 is 2.21 bits per heavy atom.